The van der Waals surface area contributed by atoms with E-state index in [1.165, 1.54) is 0 Å². The topological polar surface area (TPSA) is 35.6 Å². The van der Waals surface area contributed by atoms with E-state index in [0.29, 0.717) is 11.8 Å². The Morgan fingerprint density at radius 1 is 1.37 bits per heavy atom. The van der Waals surface area contributed by atoms with Crippen molar-refractivity contribution in [3.63, 3.8) is 0 Å². The summed E-state index contributed by atoms with van der Waals surface area (Å²) >= 11 is 0. The second-order valence-electron chi connectivity index (χ2n) is 6.52. The summed E-state index contributed by atoms with van der Waals surface area (Å²) in [6.07, 6.45) is 0. The number of carbonyl (C=O) groups is 1. The fourth-order valence-electron chi connectivity index (χ4n) is 4.04. The summed E-state index contributed by atoms with van der Waals surface area (Å²) in [6.45, 7) is 15.7. The zero-order valence-electron chi connectivity index (χ0n) is 13.1. The standard InChI is InChI=1S/C15H29N3O/c1-6-17(7-2)14(19)11(3)18-10-12-8-16-9-13(12)15(18,4)5/h11-13,16H,6-10H2,1-5H3. The molecule has 19 heavy (non-hydrogen) atoms. The highest BCUT2D eigenvalue weighted by Gasteiger charge is 2.51. The molecule has 3 atom stereocenters. The van der Waals surface area contributed by atoms with E-state index in [9.17, 15) is 4.79 Å². The molecule has 0 aromatic heterocycles. The molecule has 0 radical (unpaired) electrons. The first-order chi connectivity index (χ1) is 8.93. The Bertz CT molecular complexity index is 338. The molecule has 110 valence electrons. The van der Waals surface area contributed by atoms with Gasteiger partial charge in [0.25, 0.3) is 0 Å². The average molecular weight is 267 g/mol. The first kappa shape index (κ1) is 14.8. The lowest BCUT2D eigenvalue weighted by Gasteiger charge is -2.40. The van der Waals surface area contributed by atoms with Crippen molar-refractivity contribution in [2.45, 2.75) is 46.2 Å². The fraction of sp³-hybridized carbons (Fsp3) is 0.933. The van der Waals surface area contributed by atoms with Crippen LogP contribution in [-0.2, 0) is 4.79 Å². The van der Waals surface area contributed by atoms with Crippen LogP contribution in [0.15, 0.2) is 0 Å². The maximum Gasteiger partial charge on any atom is 0.239 e. The van der Waals surface area contributed by atoms with Gasteiger partial charge in [-0.2, -0.15) is 0 Å². The molecule has 0 aliphatic carbocycles. The van der Waals surface area contributed by atoms with Gasteiger partial charge < -0.3 is 10.2 Å². The Labute approximate surface area is 117 Å². The van der Waals surface area contributed by atoms with Crippen molar-refractivity contribution in [2.75, 3.05) is 32.7 Å². The van der Waals surface area contributed by atoms with Gasteiger partial charge in [0.15, 0.2) is 0 Å². The van der Waals surface area contributed by atoms with Crippen molar-refractivity contribution in [1.29, 1.82) is 0 Å². The molecule has 2 aliphatic rings. The Kier molecular flexibility index (Phi) is 4.21. The van der Waals surface area contributed by atoms with Crippen LogP contribution in [0.4, 0.5) is 0 Å². The van der Waals surface area contributed by atoms with Crippen molar-refractivity contribution in [1.82, 2.24) is 15.1 Å². The monoisotopic (exact) mass is 267 g/mol. The lowest BCUT2D eigenvalue weighted by molar-refractivity contribution is -0.137. The van der Waals surface area contributed by atoms with Gasteiger partial charge in [-0.3, -0.25) is 9.69 Å². The van der Waals surface area contributed by atoms with Crippen molar-refractivity contribution in [2.24, 2.45) is 11.8 Å². The smallest absolute Gasteiger partial charge is 0.239 e. The Hall–Kier alpha value is -0.610. The number of nitrogens with one attached hydrogen (secondary N) is 1. The van der Waals surface area contributed by atoms with Gasteiger partial charge in [-0.25, -0.2) is 0 Å². The molecule has 3 unspecified atom stereocenters. The molecule has 2 saturated heterocycles. The van der Waals surface area contributed by atoms with E-state index in [4.69, 9.17) is 0 Å². The number of rotatable bonds is 4. The molecule has 0 saturated carbocycles. The highest BCUT2D eigenvalue weighted by molar-refractivity contribution is 5.81. The molecular formula is C15H29N3O. The molecule has 0 bridgehead atoms. The summed E-state index contributed by atoms with van der Waals surface area (Å²) in [7, 11) is 0. The zero-order chi connectivity index (χ0) is 14.2. The molecule has 0 spiro atoms. The minimum absolute atomic E-state index is 0.000463. The third-order valence-corrected chi connectivity index (χ3v) is 5.32. The van der Waals surface area contributed by atoms with Gasteiger partial charge in [-0.05, 0) is 53.0 Å². The molecule has 0 aromatic rings. The third-order valence-electron chi connectivity index (χ3n) is 5.32. The van der Waals surface area contributed by atoms with Gasteiger partial charge in [0.2, 0.25) is 5.91 Å². The molecule has 2 heterocycles. The highest BCUT2D eigenvalue weighted by atomic mass is 16.2. The second-order valence-corrected chi connectivity index (χ2v) is 6.52. The first-order valence-corrected chi connectivity index (χ1v) is 7.69. The predicted octanol–water partition coefficient (Wildman–Crippen LogP) is 1.17. The predicted molar refractivity (Wildman–Crippen MR) is 78.0 cm³/mol. The molecule has 4 nitrogen and oxygen atoms in total. The highest BCUT2D eigenvalue weighted by Crippen LogP contribution is 2.41. The van der Waals surface area contributed by atoms with Gasteiger partial charge in [-0.1, -0.05) is 0 Å². The number of likely N-dealkylation sites (N-methyl/N-ethyl adjacent to an activating group) is 1. The average Bonchev–Trinajstić information content (AvgIpc) is 2.92. The quantitative estimate of drug-likeness (QED) is 0.830. The van der Waals surface area contributed by atoms with Crippen LogP contribution >= 0.6 is 0 Å². The van der Waals surface area contributed by atoms with Gasteiger partial charge in [-0.15, -0.1) is 0 Å². The fourth-order valence-corrected chi connectivity index (χ4v) is 4.04. The Balaban J connectivity index is 2.11. The summed E-state index contributed by atoms with van der Waals surface area (Å²) in [5.74, 6) is 1.67. The molecule has 1 amide bonds. The number of nitrogens with zero attached hydrogens (tertiary/aromatic N) is 2. The van der Waals surface area contributed by atoms with E-state index in [0.717, 1.165) is 32.7 Å². The summed E-state index contributed by atoms with van der Waals surface area (Å²) in [5.41, 5.74) is 0.121. The van der Waals surface area contributed by atoms with E-state index in [2.05, 4.69) is 44.8 Å². The van der Waals surface area contributed by atoms with E-state index in [1.54, 1.807) is 0 Å². The summed E-state index contributed by atoms with van der Waals surface area (Å²) < 4.78 is 0. The summed E-state index contributed by atoms with van der Waals surface area (Å²) in [4.78, 5) is 17.0. The molecule has 1 N–H and O–H groups in total. The van der Waals surface area contributed by atoms with E-state index < -0.39 is 0 Å². The number of hydrogen-bond donors (Lipinski definition) is 1. The Morgan fingerprint density at radius 3 is 2.53 bits per heavy atom. The molecule has 0 aromatic carbocycles. The maximum atomic E-state index is 12.6. The van der Waals surface area contributed by atoms with Crippen LogP contribution in [0.1, 0.15) is 34.6 Å². The van der Waals surface area contributed by atoms with Crippen LogP contribution in [0.3, 0.4) is 0 Å². The molecule has 2 fully saturated rings. The van der Waals surface area contributed by atoms with Crippen LogP contribution in [-0.4, -0.2) is 60.0 Å². The Morgan fingerprint density at radius 2 is 2.00 bits per heavy atom. The lowest BCUT2D eigenvalue weighted by Crippen LogP contribution is -2.54. The zero-order valence-corrected chi connectivity index (χ0v) is 13.1. The summed E-state index contributed by atoms with van der Waals surface area (Å²) in [5, 5.41) is 3.49. The van der Waals surface area contributed by atoms with Crippen LogP contribution in [0.2, 0.25) is 0 Å². The molecular weight excluding hydrogens is 238 g/mol. The minimum Gasteiger partial charge on any atom is -0.342 e. The number of likely N-dealkylation sites (tertiary alicyclic amines) is 1. The van der Waals surface area contributed by atoms with Gasteiger partial charge in [0.05, 0.1) is 6.04 Å². The first-order valence-electron chi connectivity index (χ1n) is 7.69. The SMILES string of the molecule is CCN(CC)C(=O)C(C)N1CC2CNCC2C1(C)C. The van der Waals surface area contributed by atoms with Crippen LogP contribution in [0.5, 0.6) is 0 Å². The molecule has 2 rings (SSSR count). The minimum atomic E-state index is 0.000463. The number of carbonyl (C=O) groups excluding carboxylic acids is 1. The summed E-state index contributed by atoms with van der Waals surface area (Å²) in [6, 6.07) is 0.000463. The van der Waals surface area contributed by atoms with Crippen LogP contribution in [0.25, 0.3) is 0 Å². The van der Waals surface area contributed by atoms with Gasteiger partial charge in [0.1, 0.15) is 0 Å². The lowest BCUT2D eigenvalue weighted by atomic mass is 9.84. The maximum absolute atomic E-state index is 12.6. The van der Waals surface area contributed by atoms with Crippen molar-refractivity contribution >= 4 is 5.91 Å². The molecule has 4 heteroatoms. The normalized spacial score (nSPS) is 31.2. The third kappa shape index (κ3) is 2.40. The van der Waals surface area contributed by atoms with E-state index >= 15 is 0 Å². The number of amides is 1. The molecule has 2 aliphatic heterocycles. The van der Waals surface area contributed by atoms with Crippen molar-refractivity contribution in [3.8, 4) is 0 Å². The van der Waals surface area contributed by atoms with Crippen LogP contribution in [0, 0.1) is 11.8 Å². The van der Waals surface area contributed by atoms with Crippen LogP contribution < -0.4 is 5.32 Å². The second kappa shape index (κ2) is 5.41. The van der Waals surface area contributed by atoms with Crippen molar-refractivity contribution < 1.29 is 4.79 Å². The largest absolute Gasteiger partial charge is 0.342 e. The number of fused-ring (bicyclic) bond motifs is 1. The van der Waals surface area contributed by atoms with Gasteiger partial charge in [0, 0.05) is 31.7 Å². The van der Waals surface area contributed by atoms with Crippen molar-refractivity contribution in [3.05, 3.63) is 0 Å². The number of hydrogen-bond acceptors (Lipinski definition) is 3. The van der Waals surface area contributed by atoms with E-state index in [1.807, 2.05) is 4.90 Å². The van der Waals surface area contributed by atoms with E-state index in [-0.39, 0.29) is 17.5 Å². The van der Waals surface area contributed by atoms with Gasteiger partial charge >= 0.3 is 0 Å².